The normalized spacial score (nSPS) is 14.1. The van der Waals surface area contributed by atoms with E-state index in [1.165, 1.54) is 35.1 Å². The molecule has 0 saturated carbocycles. The number of fused-ring (bicyclic) bond motifs is 1. The highest BCUT2D eigenvalue weighted by atomic mass is 35.5. The number of nitrogens with one attached hydrogen (secondary N) is 1. The summed E-state index contributed by atoms with van der Waals surface area (Å²) in [6.45, 7) is 1.85. The van der Waals surface area contributed by atoms with Gasteiger partial charge in [0.05, 0.1) is 46.0 Å². The average molecular weight is 697 g/mol. The lowest BCUT2D eigenvalue weighted by molar-refractivity contribution is -0.384. The summed E-state index contributed by atoms with van der Waals surface area (Å²) >= 11 is 7.84. The number of benzene rings is 4. The largest absolute Gasteiger partial charge is 0.497 e. The quantitative estimate of drug-likeness (QED) is 0.139. The first kappa shape index (κ1) is 33.2. The number of thiazole rings is 1. The topological polar surface area (TPSA) is 134 Å². The molecular weight excluding hydrogens is 668 g/mol. The number of allylic oxidation sites excluding steroid dienone is 1. The van der Waals surface area contributed by atoms with Gasteiger partial charge in [-0.1, -0.05) is 53.3 Å². The second kappa shape index (κ2) is 14.2. The van der Waals surface area contributed by atoms with E-state index in [1.807, 2.05) is 30.3 Å². The number of ether oxygens (including phenoxy) is 3. The summed E-state index contributed by atoms with van der Waals surface area (Å²) in [4.78, 5) is 43.6. The lowest BCUT2D eigenvalue weighted by Gasteiger charge is -2.25. The van der Waals surface area contributed by atoms with Gasteiger partial charge >= 0.3 is 0 Å². The van der Waals surface area contributed by atoms with Gasteiger partial charge in [-0.15, -0.1) is 0 Å². The van der Waals surface area contributed by atoms with Crippen LogP contribution in [-0.2, 0) is 11.4 Å². The highest BCUT2D eigenvalue weighted by molar-refractivity contribution is 7.07. The second-order valence-electron chi connectivity index (χ2n) is 10.9. The molecular formula is C36H29ClN4O7S. The third kappa shape index (κ3) is 6.96. The Morgan fingerprint density at radius 2 is 1.80 bits per heavy atom. The van der Waals surface area contributed by atoms with Gasteiger partial charge in [0.15, 0.2) is 16.3 Å². The molecule has 1 amide bonds. The van der Waals surface area contributed by atoms with Crippen LogP contribution in [0.1, 0.15) is 29.7 Å². The van der Waals surface area contributed by atoms with E-state index >= 15 is 0 Å². The third-order valence-electron chi connectivity index (χ3n) is 7.79. The number of hydrogen-bond donors (Lipinski definition) is 1. The van der Waals surface area contributed by atoms with Crippen LogP contribution < -0.4 is 34.4 Å². The molecule has 6 rings (SSSR count). The van der Waals surface area contributed by atoms with E-state index in [2.05, 4.69) is 5.32 Å². The Labute approximate surface area is 289 Å². The van der Waals surface area contributed by atoms with Crippen molar-refractivity contribution in [2.75, 3.05) is 19.5 Å². The molecule has 1 aromatic heterocycles. The average Bonchev–Trinajstić information content (AvgIpc) is 3.40. The summed E-state index contributed by atoms with van der Waals surface area (Å²) in [5.41, 5.74) is 3.01. The lowest BCUT2D eigenvalue weighted by Crippen LogP contribution is -2.40. The van der Waals surface area contributed by atoms with Crippen molar-refractivity contribution in [3.8, 4) is 17.2 Å². The Morgan fingerprint density at radius 1 is 1.04 bits per heavy atom. The van der Waals surface area contributed by atoms with E-state index in [-0.39, 0.29) is 34.5 Å². The van der Waals surface area contributed by atoms with Crippen molar-refractivity contribution >= 4 is 46.3 Å². The van der Waals surface area contributed by atoms with Crippen molar-refractivity contribution in [1.29, 1.82) is 0 Å². The van der Waals surface area contributed by atoms with Gasteiger partial charge in [0.1, 0.15) is 12.4 Å². The Bertz CT molecular complexity index is 2280. The highest BCUT2D eigenvalue weighted by Gasteiger charge is 2.33. The fourth-order valence-electron chi connectivity index (χ4n) is 5.44. The van der Waals surface area contributed by atoms with E-state index < -0.39 is 11.0 Å². The van der Waals surface area contributed by atoms with Crippen molar-refractivity contribution in [1.82, 2.24) is 4.57 Å². The number of non-ortho nitro benzene ring substituents is 1. The Morgan fingerprint density at radius 3 is 2.49 bits per heavy atom. The molecule has 1 aliphatic heterocycles. The molecule has 1 N–H and O–H groups in total. The molecule has 5 aromatic rings. The standard InChI is InChI=1S/C36H29ClN4O7S/c1-21-31(34(42)39-25-9-5-4-6-10-25)32(24-8-7-11-27(19-24)46-2)40-35(43)30(49-36(40)38-21)18-23-16-28(37)33(29(17-23)47-3)48-20-22-12-14-26(15-13-22)41(44)45/h4-19,32H,20H2,1-3H3,(H,39,42)/b30-18-/t32-/m1/s1. The monoisotopic (exact) mass is 696 g/mol. The maximum atomic E-state index is 14.2. The van der Waals surface area contributed by atoms with Gasteiger partial charge in [-0.3, -0.25) is 24.3 Å². The molecule has 0 fully saturated rings. The number of aromatic nitrogens is 1. The molecule has 49 heavy (non-hydrogen) atoms. The minimum absolute atomic E-state index is 0.0225. The number of carbonyl (C=O) groups is 1. The molecule has 0 saturated heterocycles. The van der Waals surface area contributed by atoms with E-state index in [4.69, 9.17) is 30.8 Å². The Kier molecular flexibility index (Phi) is 9.61. The van der Waals surface area contributed by atoms with Crippen LogP contribution >= 0.6 is 22.9 Å². The summed E-state index contributed by atoms with van der Waals surface area (Å²) in [7, 11) is 3.03. The van der Waals surface area contributed by atoms with Crippen LogP contribution in [0.15, 0.2) is 112 Å². The minimum atomic E-state index is -0.787. The zero-order valence-corrected chi connectivity index (χ0v) is 28.1. The van der Waals surface area contributed by atoms with Crippen LogP contribution in [0, 0.1) is 10.1 Å². The summed E-state index contributed by atoms with van der Waals surface area (Å²) in [6.07, 6.45) is 1.68. The second-order valence-corrected chi connectivity index (χ2v) is 12.3. The number of nitro benzene ring substituents is 1. The Balaban J connectivity index is 1.38. The molecule has 248 valence electrons. The summed E-state index contributed by atoms with van der Waals surface area (Å²) in [5, 5.41) is 14.2. The maximum absolute atomic E-state index is 14.2. The lowest BCUT2D eigenvalue weighted by atomic mass is 9.95. The van der Waals surface area contributed by atoms with Crippen LogP contribution in [0.25, 0.3) is 6.08 Å². The van der Waals surface area contributed by atoms with Gasteiger partial charge in [-0.25, -0.2) is 4.99 Å². The molecule has 2 heterocycles. The fourth-order valence-corrected chi connectivity index (χ4v) is 6.76. The molecule has 1 atom stereocenters. The predicted molar refractivity (Wildman–Crippen MR) is 187 cm³/mol. The number of para-hydroxylation sites is 1. The van der Waals surface area contributed by atoms with Crippen molar-refractivity contribution in [2.24, 2.45) is 4.99 Å². The number of nitro groups is 1. The van der Waals surface area contributed by atoms with Crippen LogP contribution in [0.5, 0.6) is 17.2 Å². The minimum Gasteiger partial charge on any atom is -0.497 e. The Hall–Kier alpha value is -5.72. The SMILES string of the molecule is COc1cccc([C@@H]2C(C(=O)Nc3ccccc3)=C(C)N=c3s/c(=C\c4cc(Cl)c(OCc5ccc([N+](=O)[O-])cc5)c(OC)c4)c(=O)n32)c1. The van der Waals surface area contributed by atoms with Crippen LogP contribution in [0.2, 0.25) is 5.02 Å². The van der Waals surface area contributed by atoms with Crippen molar-refractivity contribution in [3.05, 3.63) is 154 Å². The summed E-state index contributed by atoms with van der Waals surface area (Å²) in [6, 6.07) is 24.9. The summed E-state index contributed by atoms with van der Waals surface area (Å²) in [5.74, 6) is 0.812. The van der Waals surface area contributed by atoms with Gasteiger partial charge in [0.25, 0.3) is 17.2 Å². The van der Waals surface area contributed by atoms with Crippen molar-refractivity contribution < 1.29 is 23.9 Å². The highest BCUT2D eigenvalue weighted by Crippen LogP contribution is 2.37. The first-order chi connectivity index (χ1) is 23.7. The van der Waals surface area contributed by atoms with Gasteiger partial charge < -0.3 is 19.5 Å². The smallest absolute Gasteiger partial charge is 0.271 e. The molecule has 4 aromatic carbocycles. The van der Waals surface area contributed by atoms with Gasteiger partial charge in [-0.05, 0) is 78.2 Å². The maximum Gasteiger partial charge on any atom is 0.271 e. The van der Waals surface area contributed by atoms with Crippen molar-refractivity contribution in [2.45, 2.75) is 19.6 Å². The molecule has 11 nitrogen and oxygen atoms in total. The number of halogens is 1. The van der Waals surface area contributed by atoms with Gasteiger partial charge in [0.2, 0.25) is 0 Å². The number of rotatable bonds is 10. The first-order valence-corrected chi connectivity index (χ1v) is 16.1. The third-order valence-corrected chi connectivity index (χ3v) is 9.05. The molecule has 0 bridgehead atoms. The van der Waals surface area contributed by atoms with Crippen LogP contribution in [0.3, 0.4) is 0 Å². The first-order valence-electron chi connectivity index (χ1n) is 14.9. The van der Waals surface area contributed by atoms with Crippen LogP contribution in [0.4, 0.5) is 11.4 Å². The van der Waals surface area contributed by atoms with E-state index in [0.717, 1.165) is 0 Å². The molecule has 0 radical (unpaired) electrons. The molecule has 13 heteroatoms. The van der Waals surface area contributed by atoms with Crippen molar-refractivity contribution in [3.63, 3.8) is 0 Å². The number of methoxy groups -OCH3 is 2. The fraction of sp³-hybridized carbons (Fsp3) is 0.139. The molecule has 0 unspecified atom stereocenters. The number of nitrogens with zero attached hydrogens (tertiary/aromatic N) is 3. The molecule has 0 aliphatic carbocycles. The number of hydrogen-bond acceptors (Lipinski definition) is 9. The predicted octanol–water partition coefficient (Wildman–Crippen LogP) is 6.03. The molecule has 0 spiro atoms. The number of amides is 1. The molecule has 1 aliphatic rings. The number of anilines is 1. The van der Waals surface area contributed by atoms with E-state index in [1.54, 1.807) is 68.6 Å². The van der Waals surface area contributed by atoms with Crippen LogP contribution in [-0.4, -0.2) is 29.6 Å². The summed E-state index contributed by atoms with van der Waals surface area (Å²) < 4.78 is 18.9. The zero-order chi connectivity index (χ0) is 34.7. The zero-order valence-electron chi connectivity index (χ0n) is 26.5. The van der Waals surface area contributed by atoms with Gasteiger partial charge in [0, 0.05) is 17.8 Å². The number of carbonyl (C=O) groups excluding carboxylic acids is 1. The van der Waals surface area contributed by atoms with E-state index in [0.29, 0.717) is 54.5 Å². The van der Waals surface area contributed by atoms with E-state index in [9.17, 15) is 19.7 Å². The van der Waals surface area contributed by atoms with Gasteiger partial charge in [-0.2, -0.15) is 0 Å².